The van der Waals surface area contributed by atoms with Crippen LogP contribution in [0.5, 0.6) is 0 Å². The van der Waals surface area contributed by atoms with Crippen molar-refractivity contribution < 1.29 is 19.0 Å². The number of hydrogen-bond donors (Lipinski definition) is 2. The molecule has 3 aliphatic heterocycles. The zero-order chi connectivity index (χ0) is 23.1. The lowest BCUT2D eigenvalue weighted by Crippen LogP contribution is -2.62. The lowest BCUT2D eigenvalue weighted by Gasteiger charge is -2.47. The van der Waals surface area contributed by atoms with Crippen LogP contribution in [0.15, 0.2) is 30.3 Å². The fraction of sp³-hybridized carbons (Fsp3) is 0.440. The summed E-state index contributed by atoms with van der Waals surface area (Å²) in [6, 6.07) is 8.99. The number of piperazine rings is 2. The standard InChI is InChI=1S/C25H27FN4O3/c1-15-19(5-6-21(26)24(15)27-2)22-12-30-8-7-29(11-18(30)10-28-22)13-23(31)16-3-4-20-17(9-16)14-33-25(20)32/h3-6,9,18,22-23,28,31H,7-8,10-14H2,1H3/t18-,22-,23-/m0/s1. The van der Waals surface area contributed by atoms with Gasteiger partial charge in [-0.25, -0.2) is 14.0 Å². The number of carbonyl (C=O) groups excluding carboxylic acids is 1. The van der Waals surface area contributed by atoms with E-state index in [1.165, 1.54) is 6.07 Å². The van der Waals surface area contributed by atoms with Crippen molar-refractivity contribution in [2.24, 2.45) is 0 Å². The molecule has 3 atom stereocenters. The van der Waals surface area contributed by atoms with Gasteiger partial charge < -0.3 is 15.2 Å². The van der Waals surface area contributed by atoms with Crippen LogP contribution in [0.2, 0.25) is 0 Å². The van der Waals surface area contributed by atoms with Crippen molar-refractivity contribution in [3.05, 3.63) is 75.4 Å². The van der Waals surface area contributed by atoms with Gasteiger partial charge in [0.1, 0.15) is 12.4 Å². The molecule has 2 saturated heterocycles. The Morgan fingerprint density at radius 2 is 2.15 bits per heavy atom. The Hall–Kier alpha value is -2.83. The first-order valence-corrected chi connectivity index (χ1v) is 11.3. The van der Waals surface area contributed by atoms with Gasteiger partial charge in [-0.05, 0) is 41.8 Å². The minimum atomic E-state index is -0.629. The second-order valence-electron chi connectivity index (χ2n) is 9.10. The zero-order valence-corrected chi connectivity index (χ0v) is 18.6. The zero-order valence-electron chi connectivity index (χ0n) is 18.6. The maximum Gasteiger partial charge on any atom is 0.338 e. The van der Waals surface area contributed by atoms with E-state index in [2.05, 4.69) is 20.0 Å². The number of fused-ring (bicyclic) bond motifs is 2. The second kappa shape index (κ2) is 8.84. The van der Waals surface area contributed by atoms with Crippen molar-refractivity contribution in [2.75, 3.05) is 39.3 Å². The number of cyclic esters (lactones) is 1. The van der Waals surface area contributed by atoms with Crippen LogP contribution in [0.3, 0.4) is 0 Å². The number of halogens is 1. The molecule has 2 aromatic rings. The van der Waals surface area contributed by atoms with Crippen LogP contribution in [0, 0.1) is 19.3 Å². The molecule has 2 N–H and O–H groups in total. The molecule has 0 spiro atoms. The van der Waals surface area contributed by atoms with Crippen LogP contribution in [-0.2, 0) is 11.3 Å². The Morgan fingerprint density at radius 1 is 1.30 bits per heavy atom. The Balaban J connectivity index is 1.21. The van der Waals surface area contributed by atoms with Gasteiger partial charge in [0.25, 0.3) is 0 Å². The quantitative estimate of drug-likeness (QED) is 0.552. The lowest BCUT2D eigenvalue weighted by atomic mass is 9.95. The molecule has 3 aliphatic rings. The molecule has 5 rings (SSSR count). The highest BCUT2D eigenvalue weighted by Crippen LogP contribution is 2.32. The van der Waals surface area contributed by atoms with Crippen molar-refractivity contribution in [1.29, 1.82) is 0 Å². The van der Waals surface area contributed by atoms with E-state index in [1.54, 1.807) is 12.1 Å². The second-order valence-corrected chi connectivity index (χ2v) is 9.10. The van der Waals surface area contributed by atoms with E-state index in [0.29, 0.717) is 23.7 Å². The molecule has 0 saturated carbocycles. The molecule has 0 bridgehead atoms. The first-order valence-electron chi connectivity index (χ1n) is 11.3. The number of carbonyl (C=O) groups is 1. The third-order valence-electron chi connectivity index (χ3n) is 7.14. The number of rotatable bonds is 4. The van der Waals surface area contributed by atoms with Crippen LogP contribution in [-0.4, -0.2) is 66.2 Å². The third-order valence-corrected chi connectivity index (χ3v) is 7.14. The van der Waals surface area contributed by atoms with E-state index in [0.717, 1.165) is 49.4 Å². The van der Waals surface area contributed by atoms with Gasteiger partial charge in [0, 0.05) is 56.9 Å². The SMILES string of the molecule is [C-]#[N+]c1c(F)ccc([C@@H]2CN3CCN(C[C@H](O)c4ccc5c(c4)COC5=O)C[C@@H]3CN2)c1C. The van der Waals surface area contributed by atoms with Gasteiger partial charge in [-0.3, -0.25) is 9.80 Å². The number of esters is 1. The number of aliphatic hydroxyl groups is 1. The number of aliphatic hydroxyl groups excluding tert-OH is 1. The van der Waals surface area contributed by atoms with Gasteiger partial charge >= 0.3 is 5.97 Å². The topological polar surface area (TPSA) is 69.4 Å². The Morgan fingerprint density at radius 3 is 2.97 bits per heavy atom. The summed E-state index contributed by atoms with van der Waals surface area (Å²) in [6.45, 7) is 14.1. The van der Waals surface area contributed by atoms with Crippen LogP contribution in [0.4, 0.5) is 10.1 Å². The summed E-state index contributed by atoms with van der Waals surface area (Å²) in [4.78, 5) is 19.7. The van der Waals surface area contributed by atoms with E-state index >= 15 is 0 Å². The van der Waals surface area contributed by atoms with Gasteiger partial charge in [-0.1, -0.05) is 12.1 Å². The molecule has 8 heteroatoms. The molecule has 33 heavy (non-hydrogen) atoms. The van der Waals surface area contributed by atoms with Crippen molar-refractivity contribution in [3.63, 3.8) is 0 Å². The van der Waals surface area contributed by atoms with Gasteiger partial charge in [-0.2, -0.15) is 0 Å². The minimum Gasteiger partial charge on any atom is -0.457 e. The van der Waals surface area contributed by atoms with Gasteiger partial charge in [-0.15, -0.1) is 0 Å². The number of hydrogen-bond acceptors (Lipinski definition) is 6. The number of nitrogens with one attached hydrogen (secondary N) is 1. The summed E-state index contributed by atoms with van der Waals surface area (Å²) < 4.78 is 19.0. The maximum atomic E-state index is 13.9. The van der Waals surface area contributed by atoms with Crippen LogP contribution < -0.4 is 5.32 Å². The van der Waals surface area contributed by atoms with Crippen molar-refractivity contribution >= 4 is 11.7 Å². The molecule has 172 valence electrons. The molecule has 3 heterocycles. The van der Waals surface area contributed by atoms with E-state index in [-0.39, 0.29) is 24.3 Å². The summed E-state index contributed by atoms with van der Waals surface area (Å²) in [6.07, 6.45) is -0.629. The summed E-state index contributed by atoms with van der Waals surface area (Å²) in [5.74, 6) is -0.763. The van der Waals surface area contributed by atoms with Crippen LogP contribution in [0.1, 0.15) is 44.8 Å². The molecular weight excluding hydrogens is 423 g/mol. The van der Waals surface area contributed by atoms with E-state index in [9.17, 15) is 14.3 Å². The first kappa shape index (κ1) is 22.0. The number of β-amino-alcohol motifs (C(OH)–C–C–N with tert-alkyl or cyclic N) is 1. The fourth-order valence-electron chi connectivity index (χ4n) is 5.25. The highest BCUT2D eigenvalue weighted by atomic mass is 19.1. The molecule has 0 aliphatic carbocycles. The Labute approximate surface area is 192 Å². The molecule has 2 fully saturated rings. The highest BCUT2D eigenvalue weighted by Gasteiger charge is 2.34. The molecule has 0 aromatic heterocycles. The maximum absolute atomic E-state index is 13.9. The number of benzene rings is 2. The smallest absolute Gasteiger partial charge is 0.338 e. The number of ether oxygens (including phenoxy) is 1. The molecular formula is C25H27FN4O3. The van der Waals surface area contributed by atoms with Gasteiger partial charge in [0.15, 0.2) is 0 Å². The van der Waals surface area contributed by atoms with E-state index in [1.807, 2.05) is 19.1 Å². The number of nitrogens with zero attached hydrogens (tertiary/aromatic N) is 3. The van der Waals surface area contributed by atoms with Crippen molar-refractivity contribution in [1.82, 2.24) is 15.1 Å². The molecule has 0 radical (unpaired) electrons. The van der Waals surface area contributed by atoms with Crippen molar-refractivity contribution in [3.8, 4) is 0 Å². The van der Waals surface area contributed by atoms with E-state index < -0.39 is 11.9 Å². The highest BCUT2D eigenvalue weighted by molar-refractivity contribution is 5.93. The first-order chi connectivity index (χ1) is 15.9. The minimum absolute atomic E-state index is 0.0656. The Bertz CT molecular complexity index is 1130. The fourth-order valence-corrected chi connectivity index (χ4v) is 5.25. The van der Waals surface area contributed by atoms with Crippen LogP contribution >= 0.6 is 0 Å². The average Bonchev–Trinajstić information content (AvgIpc) is 3.19. The normalized spacial score (nSPS) is 24.0. The summed E-state index contributed by atoms with van der Waals surface area (Å²) in [5, 5.41) is 14.4. The molecule has 7 nitrogen and oxygen atoms in total. The average molecular weight is 451 g/mol. The third kappa shape index (κ3) is 4.13. The largest absolute Gasteiger partial charge is 0.457 e. The molecule has 2 aromatic carbocycles. The predicted molar refractivity (Wildman–Crippen MR) is 120 cm³/mol. The predicted octanol–water partition coefficient (Wildman–Crippen LogP) is 2.72. The molecule has 0 unspecified atom stereocenters. The summed E-state index contributed by atoms with van der Waals surface area (Å²) in [7, 11) is 0. The van der Waals surface area contributed by atoms with E-state index in [4.69, 9.17) is 11.3 Å². The molecule has 0 amide bonds. The van der Waals surface area contributed by atoms with Gasteiger partial charge in [0.05, 0.1) is 18.2 Å². The van der Waals surface area contributed by atoms with Crippen molar-refractivity contribution in [2.45, 2.75) is 31.7 Å². The van der Waals surface area contributed by atoms with Crippen LogP contribution in [0.25, 0.3) is 4.85 Å². The lowest BCUT2D eigenvalue weighted by molar-refractivity contribution is 0.0188. The summed E-state index contributed by atoms with van der Waals surface area (Å²) >= 11 is 0. The van der Waals surface area contributed by atoms with Gasteiger partial charge in [0.2, 0.25) is 5.69 Å². The summed E-state index contributed by atoms with van der Waals surface area (Å²) in [5.41, 5.74) is 4.03. The monoisotopic (exact) mass is 450 g/mol. The Kier molecular flexibility index (Phi) is 5.89.